The van der Waals surface area contributed by atoms with Gasteiger partial charge in [-0.2, -0.15) is 0 Å². The lowest BCUT2D eigenvalue weighted by molar-refractivity contribution is -0.147. The number of esters is 1. The molecule has 2 rings (SSSR count). The molecule has 0 heterocycles. The molecule has 1 fully saturated rings. The first-order chi connectivity index (χ1) is 11.6. The van der Waals surface area contributed by atoms with Crippen molar-refractivity contribution in [2.45, 2.75) is 45.1 Å². The number of ether oxygens (including phenoxy) is 2. The van der Waals surface area contributed by atoms with E-state index in [-0.39, 0.29) is 29.6 Å². The Kier molecular flexibility index (Phi) is 6.23. The summed E-state index contributed by atoms with van der Waals surface area (Å²) in [6.07, 6.45) is 2.41. The fourth-order valence-corrected chi connectivity index (χ4v) is 3.32. The second-order valence-electron chi connectivity index (χ2n) is 6.28. The number of benzene rings is 1. The molecule has 1 aromatic carbocycles. The molecule has 1 N–H and O–H groups in total. The number of hydrogen-bond acceptors (Lipinski definition) is 4. The van der Waals surface area contributed by atoms with Crippen LogP contribution in [0.1, 0.15) is 44.6 Å². The summed E-state index contributed by atoms with van der Waals surface area (Å²) < 4.78 is 10.3. The number of methoxy groups -OCH3 is 2. The van der Waals surface area contributed by atoms with Crippen LogP contribution in [0.2, 0.25) is 0 Å². The van der Waals surface area contributed by atoms with E-state index in [1.165, 1.54) is 7.11 Å². The van der Waals surface area contributed by atoms with Crippen molar-refractivity contribution in [1.82, 2.24) is 5.32 Å². The van der Waals surface area contributed by atoms with Gasteiger partial charge in [0.2, 0.25) is 5.91 Å². The molecule has 1 aliphatic carbocycles. The van der Waals surface area contributed by atoms with Crippen molar-refractivity contribution in [3.63, 3.8) is 0 Å². The first kappa shape index (κ1) is 18.3. The maximum atomic E-state index is 12.6. The molecule has 0 bridgehead atoms. The Morgan fingerprint density at radius 1 is 1.21 bits per heavy atom. The van der Waals surface area contributed by atoms with Gasteiger partial charge in [0.15, 0.2) is 0 Å². The lowest BCUT2D eigenvalue weighted by Crippen LogP contribution is -2.47. The second-order valence-corrected chi connectivity index (χ2v) is 6.28. The van der Waals surface area contributed by atoms with Crippen LogP contribution >= 0.6 is 0 Å². The molecule has 1 aromatic rings. The Balaban J connectivity index is 2.05. The molecule has 5 nitrogen and oxygen atoms in total. The van der Waals surface area contributed by atoms with Gasteiger partial charge in [0, 0.05) is 5.92 Å². The van der Waals surface area contributed by atoms with Crippen molar-refractivity contribution in [2.24, 2.45) is 11.8 Å². The quantitative estimate of drug-likeness (QED) is 0.743. The van der Waals surface area contributed by atoms with Gasteiger partial charge in [0.1, 0.15) is 11.8 Å². The average molecular weight is 333 g/mol. The molecule has 0 saturated heterocycles. The normalized spacial score (nSPS) is 20.4. The zero-order chi connectivity index (χ0) is 17.7. The highest BCUT2D eigenvalue weighted by Crippen LogP contribution is 2.50. The number of rotatable bonds is 8. The summed E-state index contributed by atoms with van der Waals surface area (Å²) in [5, 5.41) is 2.91. The van der Waals surface area contributed by atoms with E-state index < -0.39 is 6.04 Å². The fraction of sp³-hybridized carbons (Fsp3) is 0.579. The Labute approximate surface area is 143 Å². The number of amides is 1. The summed E-state index contributed by atoms with van der Waals surface area (Å²) in [4.78, 5) is 24.6. The Bertz CT molecular complexity index is 582. The molecule has 0 spiro atoms. The Morgan fingerprint density at radius 2 is 1.88 bits per heavy atom. The molecule has 24 heavy (non-hydrogen) atoms. The van der Waals surface area contributed by atoms with Gasteiger partial charge >= 0.3 is 5.97 Å². The molecular weight excluding hydrogens is 306 g/mol. The molecule has 132 valence electrons. The van der Waals surface area contributed by atoms with Crippen LogP contribution in [0, 0.1) is 11.8 Å². The molecule has 3 unspecified atom stereocenters. The number of carbonyl (C=O) groups excluding carboxylic acids is 2. The molecule has 5 heteroatoms. The highest BCUT2D eigenvalue weighted by Gasteiger charge is 2.46. The lowest BCUT2D eigenvalue weighted by Gasteiger charge is -2.24. The third-order valence-corrected chi connectivity index (χ3v) is 4.94. The van der Waals surface area contributed by atoms with E-state index in [9.17, 15) is 9.59 Å². The first-order valence-electron chi connectivity index (χ1n) is 8.58. The summed E-state index contributed by atoms with van der Waals surface area (Å²) in [6.45, 7) is 4.04. The largest absolute Gasteiger partial charge is 0.496 e. The van der Waals surface area contributed by atoms with Crippen molar-refractivity contribution in [3.8, 4) is 5.75 Å². The maximum absolute atomic E-state index is 12.6. The topological polar surface area (TPSA) is 64.6 Å². The van der Waals surface area contributed by atoms with Crippen molar-refractivity contribution in [1.29, 1.82) is 0 Å². The van der Waals surface area contributed by atoms with E-state index in [2.05, 4.69) is 5.32 Å². The molecule has 0 radical (unpaired) electrons. The van der Waals surface area contributed by atoms with Gasteiger partial charge < -0.3 is 14.8 Å². The predicted molar refractivity (Wildman–Crippen MR) is 91.9 cm³/mol. The van der Waals surface area contributed by atoms with Crippen LogP contribution in [-0.4, -0.2) is 32.1 Å². The van der Waals surface area contributed by atoms with E-state index >= 15 is 0 Å². The summed E-state index contributed by atoms with van der Waals surface area (Å²) >= 11 is 0. The Hall–Kier alpha value is -2.04. The zero-order valence-corrected chi connectivity index (χ0v) is 14.9. The smallest absolute Gasteiger partial charge is 0.328 e. The highest BCUT2D eigenvalue weighted by molar-refractivity contribution is 5.88. The number of para-hydroxylation sites is 1. The van der Waals surface area contributed by atoms with Crippen molar-refractivity contribution in [3.05, 3.63) is 29.8 Å². The van der Waals surface area contributed by atoms with E-state index in [4.69, 9.17) is 9.47 Å². The third kappa shape index (κ3) is 3.89. The van der Waals surface area contributed by atoms with E-state index in [0.717, 1.165) is 30.6 Å². The third-order valence-electron chi connectivity index (χ3n) is 4.94. The van der Waals surface area contributed by atoms with Gasteiger partial charge in [-0.25, -0.2) is 4.79 Å². The number of nitrogens with one attached hydrogen (secondary N) is 1. The van der Waals surface area contributed by atoms with Gasteiger partial charge in [-0.15, -0.1) is 0 Å². The first-order valence-corrected chi connectivity index (χ1v) is 8.58. The minimum absolute atomic E-state index is 0.0757. The van der Waals surface area contributed by atoms with Crippen LogP contribution in [0.4, 0.5) is 0 Å². The Morgan fingerprint density at radius 3 is 2.46 bits per heavy atom. The molecule has 0 aliphatic heterocycles. The zero-order valence-electron chi connectivity index (χ0n) is 14.9. The monoisotopic (exact) mass is 333 g/mol. The predicted octanol–water partition coefficient (Wildman–Crippen LogP) is 2.89. The highest BCUT2D eigenvalue weighted by atomic mass is 16.5. The molecular formula is C19H27NO4. The molecule has 1 saturated carbocycles. The summed E-state index contributed by atoms with van der Waals surface area (Å²) in [7, 11) is 3.00. The van der Waals surface area contributed by atoms with Gasteiger partial charge in [-0.1, -0.05) is 44.9 Å². The fourth-order valence-electron chi connectivity index (χ4n) is 3.32. The van der Waals surface area contributed by atoms with Crippen LogP contribution in [0.25, 0.3) is 0 Å². The molecule has 0 aromatic heterocycles. The van der Waals surface area contributed by atoms with Gasteiger partial charge in [-0.05, 0) is 29.9 Å². The van der Waals surface area contributed by atoms with Gasteiger partial charge in [0.25, 0.3) is 0 Å². The summed E-state index contributed by atoms with van der Waals surface area (Å²) in [5.41, 5.74) is 1.05. The van der Waals surface area contributed by atoms with Crippen LogP contribution in [0.3, 0.4) is 0 Å². The standard InChI is InChI=1S/C19H27NO4/c1-5-12(6-2)17(19(22)24-4)20-18(21)15-11-14(15)13-9-7-8-10-16(13)23-3/h7-10,12,14-15,17H,5-6,11H2,1-4H3,(H,20,21). The van der Waals surface area contributed by atoms with E-state index in [1.54, 1.807) is 7.11 Å². The molecule has 1 aliphatic rings. The van der Waals surface area contributed by atoms with Crippen LogP contribution in [-0.2, 0) is 14.3 Å². The SMILES string of the molecule is CCC(CC)C(NC(=O)C1CC1c1ccccc1OC)C(=O)OC. The second kappa shape index (κ2) is 8.18. The number of carbonyl (C=O) groups is 2. The lowest BCUT2D eigenvalue weighted by atomic mass is 9.94. The van der Waals surface area contributed by atoms with Crippen LogP contribution < -0.4 is 10.1 Å². The molecule has 1 amide bonds. The van der Waals surface area contributed by atoms with E-state index in [0.29, 0.717) is 0 Å². The average Bonchev–Trinajstić information content (AvgIpc) is 3.41. The number of hydrogen-bond donors (Lipinski definition) is 1. The minimum Gasteiger partial charge on any atom is -0.496 e. The van der Waals surface area contributed by atoms with Crippen LogP contribution in [0.5, 0.6) is 5.75 Å². The maximum Gasteiger partial charge on any atom is 0.328 e. The van der Waals surface area contributed by atoms with Crippen molar-refractivity contribution >= 4 is 11.9 Å². The summed E-state index contributed by atoms with van der Waals surface area (Å²) in [5.74, 6) is 0.496. The molecule has 3 atom stereocenters. The van der Waals surface area contributed by atoms with Crippen molar-refractivity contribution in [2.75, 3.05) is 14.2 Å². The minimum atomic E-state index is -0.573. The van der Waals surface area contributed by atoms with Crippen LogP contribution in [0.15, 0.2) is 24.3 Å². The van der Waals surface area contributed by atoms with Gasteiger partial charge in [0.05, 0.1) is 14.2 Å². The van der Waals surface area contributed by atoms with E-state index in [1.807, 2.05) is 38.1 Å². The van der Waals surface area contributed by atoms with Crippen molar-refractivity contribution < 1.29 is 19.1 Å². The van der Waals surface area contributed by atoms with Gasteiger partial charge in [-0.3, -0.25) is 4.79 Å². The summed E-state index contributed by atoms with van der Waals surface area (Å²) in [6, 6.07) is 7.20.